The SMILES string of the molecule is CCCCCCCCCCCCCCCC(=O)OC(=O)C(N)CCC(=O)[O-].CCCCCCCCCCCCCCCC(=O)OC(=O)C(N)CCC(=O)[O-].[Mg+2]. The molecule has 0 heterocycles. The van der Waals surface area contributed by atoms with Gasteiger partial charge >= 0.3 is 46.9 Å². The van der Waals surface area contributed by atoms with Crippen LogP contribution in [0.5, 0.6) is 0 Å². The van der Waals surface area contributed by atoms with Crippen LogP contribution in [0.15, 0.2) is 0 Å². The molecule has 0 radical (unpaired) electrons. The zero-order valence-electron chi connectivity index (χ0n) is 34.7. The molecule has 0 aliphatic rings. The van der Waals surface area contributed by atoms with E-state index in [2.05, 4.69) is 23.3 Å². The molecule has 0 aromatic heterocycles. The smallest absolute Gasteiger partial charge is 0.550 e. The van der Waals surface area contributed by atoms with Crippen LogP contribution in [0.4, 0.5) is 0 Å². The molecule has 0 saturated carbocycles. The second-order valence-corrected chi connectivity index (χ2v) is 14.6. The van der Waals surface area contributed by atoms with Gasteiger partial charge in [-0.1, -0.05) is 168 Å². The largest absolute Gasteiger partial charge is 2.00 e. The molecule has 2 unspecified atom stereocenters. The van der Waals surface area contributed by atoms with Crippen LogP contribution in [0.2, 0.25) is 0 Å². The molecule has 2 atom stereocenters. The predicted molar refractivity (Wildman–Crippen MR) is 213 cm³/mol. The van der Waals surface area contributed by atoms with Crippen LogP contribution < -0.4 is 21.7 Å². The van der Waals surface area contributed by atoms with Crippen LogP contribution >= 0.6 is 0 Å². The summed E-state index contributed by atoms with van der Waals surface area (Å²) in [7, 11) is 0. The summed E-state index contributed by atoms with van der Waals surface area (Å²) in [5.41, 5.74) is 10.9. The van der Waals surface area contributed by atoms with Crippen molar-refractivity contribution in [3.63, 3.8) is 0 Å². The molecule has 4 N–H and O–H groups in total. The summed E-state index contributed by atoms with van der Waals surface area (Å²) >= 11 is 0. The molecule has 0 rings (SSSR count). The van der Waals surface area contributed by atoms with E-state index in [-0.39, 0.29) is 61.6 Å². The molecule has 0 aliphatic heterocycles. The Labute approximate surface area is 348 Å². The van der Waals surface area contributed by atoms with E-state index in [0.717, 1.165) is 25.7 Å². The average molecular weight is 793 g/mol. The number of hydrogen-bond acceptors (Lipinski definition) is 12. The standard InChI is InChI=1S/2C21H39NO5.Mg/c2*1-2-3-4-5-6-7-8-9-10-11-12-13-14-15-20(25)27-21(26)18(22)16-17-19(23)24;/h2*18H,2-17,22H2,1H3,(H,23,24);/q;;+2/p-2. The monoisotopic (exact) mass is 793 g/mol. The van der Waals surface area contributed by atoms with Gasteiger partial charge in [-0.2, -0.15) is 0 Å². The van der Waals surface area contributed by atoms with Gasteiger partial charge in [-0.3, -0.25) is 9.59 Å². The zero-order chi connectivity index (χ0) is 40.7. The summed E-state index contributed by atoms with van der Waals surface area (Å²) in [5.74, 6) is -5.47. The van der Waals surface area contributed by atoms with E-state index in [1.54, 1.807) is 0 Å². The van der Waals surface area contributed by atoms with Crippen LogP contribution in [0.3, 0.4) is 0 Å². The second kappa shape index (κ2) is 43.0. The van der Waals surface area contributed by atoms with Gasteiger partial charge in [0, 0.05) is 24.8 Å². The molecule has 0 aromatic carbocycles. The van der Waals surface area contributed by atoms with E-state index >= 15 is 0 Å². The molecule has 13 heteroatoms. The van der Waals surface area contributed by atoms with Gasteiger partial charge in [0.1, 0.15) is 12.1 Å². The Hall–Kier alpha value is -2.09. The van der Waals surface area contributed by atoms with Crippen molar-refractivity contribution in [2.75, 3.05) is 0 Å². The van der Waals surface area contributed by atoms with Gasteiger partial charge in [-0.05, 0) is 38.5 Å². The molecule has 0 saturated heterocycles. The number of nitrogens with two attached hydrogens (primary N) is 2. The van der Waals surface area contributed by atoms with Crippen LogP contribution in [-0.4, -0.2) is 71.0 Å². The molecule has 0 bridgehead atoms. The first-order chi connectivity index (χ1) is 25.9. The molecule has 0 aliphatic carbocycles. The van der Waals surface area contributed by atoms with Crippen molar-refractivity contribution in [1.82, 2.24) is 0 Å². The number of unbranched alkanes of at least 4 members (excludes halogenated alkanes) is 24. The van der Waals surface area contributed by atoms with E-state index in [4.69, 9.17) is 11.5 Å². The maximum absolute atomic E-state index is 11.6. The Bertz CT molecular complexity index is 906. The van der Waals surface area contributed by atoms with Gasteiger partial charge in [-0.25, -0.2) is 9.59 Å². The summed E-state index contributed by atoms with van der Waals surface area (Å²) < 4.78 is 9.27. The molecule has 55 heavy (non-hydrogen) atoms. The normalized spacial score (nSPS) is 11.7. The summed E-state index contributed by atoms with van der Waals surface area (Å²) in [6.45, 7) is 4.47. The Balaban J connectivity index is -0.000000966. The molecular weight excluding hydrogens is 717 g/mol. The van der Waals surface area contributed by atoms with E-state index in [0.29, 0.717) is 12.8 Å². The van der Waals surface area contributed by atoms with Crippen molar-refractivity contribution in [3.05, 3.63) is 0 Å². The van der Waals surface area contributed by atoms with E-state index in [1.165, 1.54) is 128 Å². The third-order valence-corrected chi connectivity index (χ3v) is 9.32. The molecular formula is C42H76MgN2O10. The topological polar surface area (TPSA) is 219 Å². The van der Waals surface area contributed by atoms with Crippen molar-refractivity contribution in [3.8, 4) is 0 Å². The van der Waals surface area contributed by atoms with Crippen molar-refractivity contribution in [2.24, 2.45) is 11.5 Å². The Kier molecular flexibility index (Phi) is 44.8. The van der Waals surface area contributed by atoms with Crippen LogP contribution in [0.25, 0.3) is 0 Å². The van der Waals surface area contributed by atoms with Crippen LogP contribution in [0, 0.1) is 0 Å². The Morgan fingerprint density at radius 3 is 0.836 bits per heavy atom. The summed E-state index contributed by atoms with van der Waals surface area (Å²) in [5, 5.41) is 20.6. The molecule has 0 fully saturated rings. The third kappa shape index (κ3) is 44.5. The maximum atomic E-state index is 11.6. The summed E-state index contributed by atoms with van der Waals surface area (Å²) in [6.07, 6.45) is 31.2. The first-order valence-corrected chi connectivity index (χ1v) is 21.3. The molecule has 0 aromatic rings. The van der Waals surface area contributed by atoms with Crippen LogP contribution in [-0.2, 0) is 38.2 Å². The fourth-order valence-electron chi connectivity index (χ4n) is 5.83. The molecule has 0 amide bonds. The van der Waals surface area contributed by atoms with E-state index < -0.39 is 47.9 Å². The predicted octanol–water partition coefficient (Wildman–Crippen LogP) is 6.41. The number of carbonyl (C=O) groups excluding carboxylic acids is 6. The summed E-state index contributed by atoms with van der Waals surface area (Å²) in [4.78, 5) is 66.8. The van der Waals surface area contributed by atoms with Crippen LogP contribution in [0.1, 0.15) is 219 Å². The van der Waals surface area contributed by atoms with E-state index in [9.17, 15) is 39.0 Å². The Morgan fingerprint density at radius 2 is 0.618 bits per heavy atom. The summed E-state index contributed by atoms with van der Waals surface area (Å²) in [6, 6.07) is -2.20. The number of carboxylic acid groups (broad SMARTS) is 2. The minimum Gasteiger partial charge on any atom is -0.550 e. The minimum absolute atomic E-state index is 0. The molecule has 316 valence electrons. The number of esters is 4. The zero-order valence-corrected chi connectivity index (χ0v) is 36.1. The number of carbonyl (C=O) groups is 6. The van der Waals surface area contributed by atoms with E-state index in [1.807, 2.05) is 0 Å². The third-order valence-electron chi connectivity index (χ3n) is 9.32. The number of hydrogen-bond donors (Lipinski definition) is 2. The quantitative estimate of drug-likeness (QED) is 0.0304. The van der Waals surface area contributed by atoms with Crippen molar-refractivity contribution in [1.29, 1.82) is 0 Å². The fourth-order valence-corrected chi connectivity index (χ4v) is 5.83. The number of rotatable bonds is 36. The maximum Gasteiger partial charge on any atom is 2.00 e. The second-order valence-electron chi connectivity index (χ2n) is 14.6. The number of ether oxygens (including phenoxy) is 2. The van der Waals surface area contributed by atoms with Crippen molar-refractivity contribution >= 4 is 58.9 Å². The average Bonchev–Trinajstić information content (AvgIpc) is 3.13. The number of carboxylic acids is 2. The fraction of sp³-hybridized carbons (Fsp3) is 0.857. The number of aliphatic carboxylic acids is 2. The van der Waals surface area contributed by atoms with Gasteiger partial charge in [0.2, 0.25) is 0 Å². The van der Waals surface area contributed by atoms with Gasteiger partial charge in [0.15, 0.2) is 0 Å². The molecule has 12 nitrogen and oxygen atoms in total. The van der Waals surface area contributed by atoms with Crippen molar-refractivity contribution in [2.45, 2.75) is 231 Å². The molecule has 0 spiro atoms. The van der Waals surface area contributed by atoms with Gasteiger partial charge < -0.3 is 40.7 Å². The first kappa shape index (κ1) is 57.2. The van der Waals surface area contributed by atoms with Gasteiger partial charge in [0.05, 0.1) is 0 Å². The van der Waals surface area contributed by atoms with Gasteiger partial charge in [0.25, 0.3) is 0 Å². The van der Waals surface area contributed by atoms with Crippen molar-refractivity contribution < 1.29 is 48.5 Å². The minimum atomic E-state index is -1.28. The first-order valence-electron chi connectivity index (χ1n) is 21.3. The van der Waals surface area contributed by atoms with Gasteiger partial charge in [-0.15, -0.1) is 0 Å². The Morgan fingerprint density at radius 1 is 0.400 bits per heavy atom.